The monoisotopic (exact) mass is 384 g/mol. The number of aliphatic hydroxyl groups is 1. The maximum atomic E-state index is 12.3. The largest absolute Gasteiger partial charge is 0.395 e. The first-order chi connectivity index (χ1) is 11.6. The lowest BCUT2D eigenvalue weighted by molar-refractivity contribution is 0.269. The van der Waals surface area contributed by atoms with Gasteiger partial charge in [0.25, 0.3) is 0 Å². The van der Waals surface area contributed by atoms with Gasteiger partial charge in [0.15, 0.2) is 0 Å². The Morgan fingerprint density at radius 3 is 2.75 bits per heavy atom. The van der Waals surface area contributed by atoms with Gasteiger partial charge >= 0.3 is 5.69 Å². The van der Waals surface area contributed by atoms with Gasteiger partial charge in [-0.3, -0.25) is 4.57 Å². The van der Waals surface area contributed by atoms with Crippen molar-refractivity contribution < 1.29 is 5.11 Å². The van der Waals surface area contributed by atoms with Crippen LogP contribution in [0.15, 0.2) is 28.0 Å². The summed E-state index contributed by atoms with van der Waals surface area (Å²) < 4.78 is 1.62. The van der Waals surface area contributed by atoms with Crippen molar-refractivity contribution in [1.29, 1.82) is 0 Å². The molecule has 7 heteroatoms. The molecule has 0 spiro atoms. The lowest BCUT2D eigenvalue weighted by Crippen LogP contribution is -2.31. The number of hydrogen-bond acceptors (Lipinski definition) is 4. The lowest BCUT2D eigenvalue weighted by atomic mass is 9.97. The van der Waals surface area contributed by atoms with E-state index in [0.717, 1.165) is 47.5 Å². The Balaban J connectivity index is 1.89. The van der Waals surface area contributed by atoms with E-state index in [-0.39, 0.29) is 12.3 Å². The van der Waals surface area contributed by atoms with Gasteiger partial charge in [-0.25, -0.2) is 4.79 Å². The molecule has 1 N–H and O–H groups in total. The van der Waals surface area contributed by atoms with Crippen LogP contribution < -0.4 is 5.69 Å². The van der Waals surface area contributed by atoms with Crippen molar-refractivity contribution in [3.8, 4) is 0 Å². The predicted molar refractivity (Wildman–Crippen MR) is 98.2 cm³/mol. The summed E-state index contributed by atoms with van der Waals surface area (Å²) in [6.07, 6.45) is 3.97. The molecule has 0 amide bonds. The first-order valence-corrected chi connectivity index (χ1v) is 9.64. The van der Waals surface area contributed by atoms with E-state index in [1.165, 1.54) is 0 Å². The molecule has 1 aliphatic rings. The van der Waals surface area contributed by atoms with Gasteiger partial charge in [-0.05, 0) is 43.4 Å². The maximum absolute atomic E-state index is 12.3. The number of hydrogen-bond donors (Lipinski definition) is 1. The topological polar surface area (TPSA) is 55.1 Å². The normalized spacial score (nSPS) is 13.8. The van der Waals surface area contributed by atoms with Crippen LogP contribution >= 0.6 is 35.0 Å². The summed E-state index contributed by atoms with van der Waals surface area (Å²) in [5, 5.41) is 11.1. The second-order valence-corrected chi connectivity index (χ2v) is 7.52. The number of fused-ring (bicyclic) bond motifs is 1. The molecule has 0 atom stereocenters. The van der Waals surface area contributed by atoms with Crippen molar-refractivity contribution in [3.05, 3.63) is 55.5 Å². The summed E-state index contributed by atoms with van der Waals surface area (Å²) in [5.74, 6) is 0.680. The molecule has 128 valence electrons. The quantitative estimate of drug-likeness (QED) is 0.630. The van der Waals surface area contributed by atoms with Gasteiger partial charge in [0.2, 0.25) is 0 Å². The molecular formula is C17H18Cl2N2O2S. The zero-order valence-corrected chi connectivity index (χ0v) is 15.4. The highest BCUT2D eigenvalue weighted by Crippen LogP contribution is 2.31. The summed E-state index contributed by atoms with van der Waals surface area (Å²) >= 11 is 13.6. The Labute approximate surface area is 154 Å². The van der Waals surface area contributed by atoms with Gasteiger partial charge in [-0.1, -0.05) is 29.3 Å². The molecule has 1 aromatic carbocycles. The first-order valence-electron chi connectivity index (χ1n) is 7.90. The Hall–Kier alpha value is -1.01. The van der Waals surface area contributed by atoms with Gasteiger partial charge in [0, 0.05) is 17.0 Å². The van der Waals surface area contributed by atoms with Gasteiger partial charge in [-0.15, -0.1) is 11.8 Å². The van der Waals surface area contributed by atoms with Crippen molar-refractivity contribution in [3.63, 3.8) is 0 Å². The highest BCUT2D eigenvalue weighted by atomic mass is 35.5. The molecular weight excluding hydrogens is 367 g/mol. The molecule has 1 heterocycles. The van der Waals surface area contributed by atoms with Crippen molar-refractivity contribution in [1.82, 2.24) is 9.55 Å². The molecule has 0 fully saturated rings. The van der Waals surface area contributed by atoms with Crippen LogP contribution in [-0.2, 0) is 25.1 Å². The molecule has 0 radical (unpaired) electrons. The highest BCUT2D eigenvalue weighted by Gasteiger charge is 2.20. The Bertz CT molecular complexity index is 808. The van der Waals surface area contributed by atoms with E-state index >= 15 is 0 Å². The van der Waals surface area contributed by atoms with Gasteiger partial charge < -0.3 is 5.11 Å². The van der Waals surface area contributed by atoms with Crippen molar-refractivity contribution in [2.75, 3.05) is 6.61 Å². The molecule has 0 aliphatic heterocycles. The molecule has 3 rings (SSSR count). The Morgan fingerprint density at radius 2 is 2.00 bits per heavy atom. The third-order valence-corrected chi connectivity index (χ3v) is 5.96. The number of rotatable bonds is 5. The molecule has 4 nitrogen and oxygen atoms in total. The SMILES string of the molecule is O=c1nc(SCc2ccc(Cl)c(Cl)c2)c2c(n1CCO)CCCC2. The summed E-state index contributed by atoms with van der Waals surface area (Å²) in [5.41, 5.74) is 2.95. The van der Waals surface area contributed by atoms with Crippen LogP contribution in [-0.4, -0.2) is 21.3 Å². The van der Waals surface area contributed by atoms with Crippen LogP contribution in [0, 0.1) is 0 Å². The zero-order valence-electron chi connectivity index (χ0n) is 13.1. The molecule has 0 unspecified atom stereocenters. The van der Waals surface area contributed by atoms with Gasteiger partial charge in [-0.2, -0.15) is 4.98 Å². The molecule has 2 aromatic rings. The standard InChI is InChI=1S/C17H18Cl2N2O2S/c18-13-6-5-11(9-14(13)19)10-24-16-12-3-1-2-4-15(12)21(7-8-22)17(23)20-16/h5-6,9,22H,1-4,7-8,10H2. The van der Waals surface area contributed by atoms with Crippen LogP contribution in [0.25, 0.3) is 0 Å². The van der Waals surface area contributed by atoms with E-state index in [9.17, 15) is 9.90 Å². The number of benzene rings is 1. The lowest BCUT2D eigenvalue weighted by Gasteiger charge is -2.22. The fourth-order valence-corrected chi connectivity index (χ4v) is 4.32. The van der Waals surface area contributed by atoms with E-state index in [4.69, 9.17) is 23.2 Å². The maximum Gasteiger partial charge on any atom is 0.348 e. The average molecular weight is 385 g/mol. The number of thioether (sulfide) groups is 1. The van der Waals surface area contributed by atoms with E-state index in [0.29, 0.717) is 22.3 Å². The fourth-order valence-electron chi connectivity index (χ4n) is 2.98. The van der Waals surface area contributed by atoms with E-state index in [2.05, 4.69) is 4.98 Å². The minimum Gasteiger partial charge on any atom is -0.395 e. The molecule has 0 saturated carbocycles. The minimum atomic E-state index is -0.277. The van der Waals surface area contributed by atoms with Crippen molar-refractivity contribution in [2.45, 2.75) is 43.0 Å². The summed E-state index contributed by atoms with van der Waals surface area (Å²) in [6.45, 7) is 0.260. The van der Waals surface area contributed by atoms with Crippen LogP contribution in [0.4, 0.5) is 0 Å². The van der Waals surface area contributed by atoms with Crippen molar-refractivity contribution in [2.24, 2.45) is 0 Å². The summed E-state index contributed by atoms with van der Waals surface area (Å²) in [7, 11) is 0. The van der Waals surface area contributed by atoms with Gasteiger partial charge in [0.05, 0.1) is 23.2 Å². The van der Waals surface area contributed by atoms with Crippen LogP contribution in [0.1, 0.15) is 29.7 Å². The molecule has 0 bridgehead atoms. The van der Waals surface area contributed by atoms with E-state index in [1.807, 2.05) is 12.1 Å². The van der Waals surface area contributed by atoms with Crippen LogP contribution in [0.5, 0.6) is 0 Å². The number of aliphatic hydroxyl groups excluding tert-OH is 1. The first kappa shape index (κ1) is 17.8. The number of nitrogens with zero attached hydrogens (tertiary/aromatic N) is 2. The van der Waals surface area contributed by atoms with Gasteiger partial charge in [0.1, 0.15) is 5.03 Å². The second-order valence-electron chi connectivity index (χ2n) is 5.74. The molecule has 1 aromatic heterocycles. The third kappa shape index (κ3) is 3.80. The average Bonchev–Trinajstić information content (AvgIpc) is 2.59. The van der Waals surface area contributed by atoms with Crippen molar-refractivity contribution >= 4 is 35.0 Å². The van der Waals surface area contributed by atoms with Crippen LogP contribution in [0.2, 0.25) is 10.0 Å². The Morgan fingerprint density at radius 1 is 1.21 bits per heavy atom. The highest BCUT2D eigenvalue weighted by molar-refractivity contribution is 7.98. The van der Waals surface area contributed by atoms with E-state index < -0.39 is 0 Å². The predicted octanol–water partition coefficient (Wildman–Crippen LogP) is 3.71. The second kappa shape index (κ2) is 7.91. The summed E-state index contributed by atoms with van der Waals surface area (Å²) in [6, 6.07) is 5.55. The smallest absolute Gasteiger partial charge is 0.348 e. The molecule has 24 heavy (non-hydrogen) atoms. The molecule has 0 saturated heterocycles. The molecule has 1 aliphatic carbocycles. The fraction of sp³-hybridized carbons (Fsp3) is 0.412. The number of aromatic nitrogens is 2. The zero-order chi connectivity index (χ0) is 17.1. The van der Waals surface area contributed by atoms with Crippen LogP contribution in [0.3, 0.4) is 0 Å². The minimum absolute atomic E-state index is 0.0518. The Kier molecular flexibility index (Phi) is 5.87. The van der Waals surface area contributed by atoms with E-state index in [1.54, 1.807) is 22.4 Å². The number of halogens is 2. The summed E-state index contributed by atoms with van der Waals surface area (Å²) in [4.78, 5) is 16.6. The third-order valence-electron chi connectivity index (χ3n) is 4.13.